The second-order valence-corrected chi connectivity index (χ2v) is 6.36. The lowest BCUT2D eigenvalue weighted by Crippen LogP contribution is -2.33. The van der Waals surface area contributed by atoms with Crippen molar-refractivity contribution in [2.24, 2.45) is 11.3 Å². The number of hydrogen-bond donors (Lipinski definition) is 1. The first kappa shape index (κ1) is 15.2. The molecule has 1 saturated carbocycles. The van der Waals surface area contributed by atoms with E-state index >= 15 is 0 Å². The number of rotatable bonds is 4. The van der Waals surface area contributed by atoms with Crippen molar-refractivity contribution in [1.29, 1.82) is 0 Å². The predicted octanol–water partition coefficient (Wildman–Crippen LogP) is 3.95. The quantitative estimate of drug-likeness (QED) is 0.906. The molecule has 0 heterocycles. The molecule has 0 saturated heterocycles. The molecular formula is C17H26O3. The highest BCUT2D eigenvalue weighted by atomic mass is 16.5. The van der Waals surface area contributed by atoms with Gasteiger partial charge in [-0.15, -0.1) is 0 Å². The molecule has 1 aliphatic rings. The van der Waals surface area contributed by atoms with E-state index in [1.807, 2.05) is 18.2 Å². The molecule has 2 atom stereocenters. The second-order valence-electron chi connectivity index (χ2n) is 6.36. The lowest BCUT2D eigenvalue weighted by atomic mass is 9.65. The van der Waals surface area contributed by atoms with Crippen molar-refractivity contribution in [2.75, 3.05) is 14.2 Å². The van der Waals surface area contributed by atoms with Crippen LogP contribution in [0.1, 0.15) is 51.2 Å². The van der Waals surface area contributed by atoms with Crippen molar-refractivity contribution in [2.45, 2.75) is 45.6 Å². The monoisotopic (exact) mass is 278 g/mol. The fourth-order valence-electron chi connectivity index (χ4n) is 3.48. The number of hydrogen-bond acceptors (Lipinski definition) is 3. The van der Waals surface area contributed by atoms with Crippen LogP contribution in [0.15, 0.2) is 18.2 Å². The highest BCUT2D eigenvalue weighted by Crippen LogP contribution is 2.49. The van der Waals surface area contributed by atoms with Crippen molar-refractivity contribution in [3.63, 3.8) is 0 Å². The van der Waals surface area contributed by atoms with Crippen LogP contribution >= 0.6 is 0 Å². The van der Waals surface area contributed by atoms with Gasteiger partial charge in [-0.05, 0) is 36.3 Å². The summed E-state index contributed by atoms with van der Waals surface area (Å²) in [5, 5.41) is 10.9. The first-order valence-corrected chi connectivity index (χ1v) is 7.40. The first-order valence-electron chi connectivity index (χ1n) is 7.40. The molecule has 0 aliphatic heterocycles. The summed E-state index contributed by atoms with van der Waals surface area (Å²) in [6.07, 6.45) is 4.10. The Labute approximate surface area is 121 Å². The molecule has 20 heavy (non-hydrogen) atoms. The number of ether oxygens (including phenoxy) is 2. The highest BCUT2D eigenvalue weighted by molar-refractivity contribution is 5.46. The van der Waals surface area contributed by atoms with Gasteiger partial charge in [0.2, 0.25) is 0 Å². The molecule has 1 aromatic carbocycles. The van der Waals surface area contributed by atoms with Crippen LogP contribution < -0.4 is 9.47 Å². The van der Waals surface area contributed by atoms with Crippen LogP contribution in [0.5, 0.6) is 11.5 Å². The van der Waals surface area contributed by atoms with E-state index in [1.54, 1.807) is 14.2 Å². The summed E-state index contributed by atoms with van der Waals surface area (Å²) in [5.41, 5.74) is 0.932. The van der Waals surface area contributed by atoms with Crippen molar-refractivity contribution >= 4 is 0 Å². The van der Waals surface area contributed by atoms with E-state index in [0.29, 0.717) is 11.5 Å². The van der Waals surface area contributed by atoms with E-state index in [4.69, 9.17) is 9.47 Å². The third kappa shape index (κ3) is 2.78. The van der Waals surface area contributed by atoms with Crippen LogP contribution in [-0.4, -0.2) is 19.3 Å². The normalized spacial score (nSPS) is 23.1. The van der Waals surface area contributed by atoms with Gasteiger partial charge in [-0.1, -0.05) is 32.8 Å². The standard InChI is InChI=1S/C17H26O3/c1-17(2)11-6-5-8-12(17)16(18)15-13(19-3)9-7-10-14(15)20-4/h7,9-10,12,16,18H,5-6,8,11H2,1-4H3. The minimum absolute atomic E-state index is 0.142. The smallest absolute Gasteiger partial charge is 0.128 e. The third-order valence-corrected chi connectivity index (χ3v) is 4.73. The van der Waals surface area contributed by atoms with Crippen LogP contribution in [0.25, 0.3) is 0 Å². The highest BCUT2D eigenvalue weighted by Gasteiger charge is 2.39. The van der Waals surface area contributed by atoms with E-state index in [-0.39, 0.29) is 11.3 Å². The summed E-state index contributed by atoms with van der Waals surface area (Å²) < 4.78 is 10.9. The first-order chi connectivity index (χ1) is 9.51. The van der Waals surface area contributed by atoms with Gasteiger partial charge in [0.1, 0.15) is 11.5 Å². The Morgan fingerprint density at radius 3 is 2.25 bits per heavy atom. The van der Waals surface area contributed by atoms with Gasteiger partial charge in [-0.25, -0.2) is 0 Å². The zero-order chi connectivity index (χ0) is 14.8. The SMILES string of the molecule is COc1cccc(OC)c1C(O)C1CCCCC1(C)C. The van der Waals surface area contributed by atoms with Gasteiger partial charge >= 0.3 is 0 Å². The Hall–Kier alpha value is -1.22. The Balaban J connectivity index is 2.39. The maximum Gasteiger partial charge on any atom is 0.128 e. The zero-order valence-corrected chi connectivity index (χ0v) is 13.0. The third-order valence-electron chi connectivity index (χ3n) is 4.73. The van der Waals surface area contributed by atoms with Crippen LogP contribution in [0.2, 0.25) is 0 Å². The van der Waals surface area contributed by atoms with Crippen molar-refractivity contribution in [1.82, 2.24) is 0 Å². The lowest BCUT2D eigenvalue weighted by molar-refractivity contribution is 0.00147. The summed E-state index contributed by atoms with van der Waals surface area (Å²) in [5.74, 6) is 1.65. The fraction of sp³-hybridized carbons (Fsp3) is 0.647. The van der Waals surface area contributed by atoms with Gasteiger partial charge in [0.15, 0.2) is 0 Å². The maximum atomic E-state index is 10.9. The topological polar surface area (TPSA) is 38.7 Å². The average Bonchev–Trinajstić information content (AvgIpc) is 2.45. The average molecular weight is 278 g/mol. The van der Waals surface area contributed by atoms with E-state index in [0.717, 1.165) is 18.4 Å². The number of aliphatic hydroxyl groups excluding tert-OH is 1. The molecule has 0 bridgehead atoms. The number of methoxy groups -OCH3 is 2. The molecule has 0 amide bonds. The summed E-state index contributed by atoms with van der Waals surface area (Å²) in [6.45, 7) is 4.50. The van der Waals surface area contributed by atoms with E-state index in [1.165, 1.54) is 12.8 Å². The van der Waals surface area contributed by atoms with Crippen molar-refractivity contribution < 1.29 is 14.6 Å². The molecule has 1 aromatic rings. The number of aliphatic hydroxyl groups is 1. The summed E-state index contributed by atoms with van der Waals surface area (Å²) >= 11 is 0. The van der Waals surface area contributed by atoms with Gasteiger partial charge < -0.3 is 14.6 Å². The minimum atomic E-state index is -0.545. The van der Waals surface area contributed by atoms with Gasteiger partial charge in [0, 0.05) is 0 Å². The Bertz CT molecular complexity index is 431. The Morgan fingerprint density at radius 2 is 1.75 bits per heavy atom. The molecule has 3 heteroatoms. The Morgan fingerprint density at radius 1 is 1.15 bits per heavy atom. The minimum Gasteiger partial charge on any atom is -0.496 e. The molecule has 2 rings (SSSR count). The molecule has 0 radical (unpaired) electrons. The Kier molecular flexibility index (Phi) is 4.59. The van der Waals surface area contributed by atoms with Crippen LogP contribution in [0, 0.1) is 11.3 Å². The molecular weight excluding hydrogens is 252 g/mol. The van der Waals surface area contributed by atoms with E-state index in [9.17, 15) is 5.11 Å². The molecule has 1 N–H and O–H groups in total. The van der Waals surface area contributed by atoms with E-state index < -0.39 is 6.10 Å². The molecule has 2 unspecified atom stereocenters. The molecule has 3 nitrogen and oxygen atoms in total. The molecule has 0 spiro atoms. The lowest BCUT2D eigenvalue weighted by Gasteiger charge is -2.41. The fourth-order valence-corrected chi connectivity index (χ4v) is 3.48. The maximum absolute atomic E-state index is 10.9. The largest absolute Gasteiger partial charge is 0.496 e. The van der Waals surface area contributed by atoms with E-state index in [2.05, 4.69) is 13.8 Å². The molecule has 1 aliphatic carbocycles. The van der Waals surface area contributed by atoms with Gasteiger partial charge in [0.25, 0.3) is 0 Å². The molecule has 1 fully saturated rings. The number of benzene rings is 1. The van der Waals surface area contributed by atoms with Crippen molar-refractivity contribution in [3.05, 3.63) is 23.8 Å². The van der Waals surface area contributed by atoms with Crippen LogP contribution in [0.3, 0.4) is 0 Å². The molecule has 112 valence electrons. The van der Waals surface area contributed by atoms with Crippen LogP contribution in [0.4, 0.5) is 0 Å². The van der Waals surface area contributed by atoms with Gasteiger partial charge in [-0.3, -0.25) is 0 Å². The van der Waals surface area contributed by atoms with Gasteiger partial charge in [-0.2, -0.15) is 0 Å². The van der Waals surface area contributed by atoms with Gasteiger partial charge in [0.05, 0.1) is 25.9 Å². The van der Waals surface area contributed by atoms with Crippen LogP contribution in [-0.2, 0) is 0 Å². The predicted molar refractivity (Wildman–Crippen MR) is 80.2 cm³/mol. The summed E-state index contributed by atoms with van der Waals surface area (Å²) in [7, 11) is 3.27. The summed E-state index contributed by atoms with van der Waals surface area (Å²) in [4.78, 5) is 0. The second kappa shape index (κ2) is 6.04. The zero-order valence-electron chi connectivity index (χ0n) is 13.0. The summed E-state index contributed by atoms with van der Waals surface area (Å²) in [6, 6.07) is 5.66. The molecule has 0 aromatic heterocycles. The van der Waals surface area contributed by atoms with Crippen molar-refractivity contribution in [3.8, 4) is 11.5 Å².